The minimum atomic E-state index is -3.67. The second-order valence-electron chi connectivity index (χ2n) is 5.71. The largest absolute Gasteiger partial charge is 0.295 e. The average molecular weight is 336 g/mol. The lowest BCUT2D eigenvalue weighted by molar-refractivity contribution is -0.143. The molecule has 1 aromatic rings. The number of imide groups is 1. The van der Waals surface area contributed by atoms with E-state index in [1.165, 1.54) is 40.4 Å². The van der Waals surface area contributed by atoms with E-state index in [4.69, 9.17) is 0 Å². The summed E-state index contributed by atoms with van der Waals surface area (Å²) in [5.74, 6) is -0.602. The second kappa shape index (κ2) is 5.54. The maximum atomic E-state index is 12.5. The number of hydrogen-bond acceptors (Lipinski definition) is 5. The summed E-state index contributed by atoms with van der Waals surface area (Å²) in [6, 6.07) is 5.36. The Morgan fingerprint density at radius 2 is 1.57 bits per heavy atom. The van der Waals surface area contributed by atoms with Gasteiger partial charge in [0.15, 0.2) is 5.78 Å². The third kappa shape index (κ3) is 2.68. The SMILES string of the molecule is CC(=O)c1ccc(S(=O)(=O)N2CC(N3C(=O)CCC3=O)C2)cc1. The molecule has 0 bridgehead atoms. The van der Waals surface area contributed by atoms with Crippen molar-refractivity contribution in [1.82, 2.24) is 9.21 Å². The molecular formula is C15H16N2O5S. The van der Waals surface area contributed by atoms with Crippen molar-refractivity contribution in [3.63, 3.8) is 0 Å². The van der Waals surface area contributed by atoms with Crippen molar-refractivity contribution in [3.05, 3.63) is 29.8 Å². The normalized spacial score (nSPS) is 20.0. The number of carbonyl (C=O) groups is 3. The van der Waals surface area contributed by atoms with E-state index < -0.39 is 10.0 Å². The van der Waals surface area contributed by atoms with Gasteiger partial charge < -0.3 is 0 Å². The van der Waals surface area contributed by atoms with Gasteiger partial charge in [-0.25, -0.2) is 8.42 Å². The first-order chi connectivity index (χ1) is 10.8. The van der Waals surface area contributed by atoms with E-state index in [1.807, 2.05) is 0 Å². The zero-order valence-electron chi connectivity index (χ0n) is 12.6. The first-order valence-corrected chi connectivity index (χ1v) is 8.71. The number of hydrogen-bond donors (Lipinski definition) is 0. The second-order valence-corrected chi connectivity index (χ2v) is 7.65. The topological polar surface area (TPSA) is 91.8 Å². The molecule has 0 atom stereocenters. The Kier molecular flexibility index (Phi) is 3.81. The molecule has 2 saturated heterocycles. The molecule has 8 heteroatoms. The lowest BCUT2D eigenvalue weighted by atomic mass is 10.1. The fourth-order valence-electron chi connectivity index (χ4n) is 2.79. The van der Waals surface area contributed by atoms with Gasteiger partial charge in [-0.15, -0.1) is 0 Å². The molecule has 7 nitrogen and oxygen atoms in total. The summed E-state index contributed by atoms with van der Waals surface area (Å²) in [7, 11) is -3.67. The van der Waals surface area contributed by atoms with Gasteiger partial charge in [-0.2, -0.15) is 4.31 Å². The zero-order chi connectivity index (χ0) is 16.8. The highest BCUT2D eigenvalue weighted by atomic mass is 32.2. The number of sulfonamides is 1. The van der Waals surface area contributed by atoms with Gasteiger partial charge in [0.2, 0.25) is 21.8 Å². The predicted molar refractivity (Wildman–Crippen MR) is 80.1 cm³/mol. The predicted octanol–water partition coefficient (Wildman–Crippen LogP) is 0.411. The number of amides is 2. The van der Waals surface area contributed by atoms with Crippen molar-refractivity contribution in [3.8, 4) is 0 Å². The zero-order valence-corrected chi connectivity index (χ0v) is 13.4. The minimum absolute atomic E-state index is 0.0972. The molecule has 2 aliphatic heterocycles. The van der Waals surface area contributed by atoms with Crippen LogP contribution in [-0.4, -0.2) is 54.4 Å². The van der Waals surface area contributed by atoms with E-state index in [1.54, 1.807) is 0 Å². The average Bonchev–Trinajstić information content (AvgIpc) is 2.78. The summed E-state index contributed by atoms with van der Waals surface area (Å²) in [5, 5.41) is 0. The van der Waals surface area contributed by atoms with E-state index in [2.05, 4.69) is 0 Å². The fraction of sp³-hybridized carbons (Fsp3) is 0.400. The van der Waals surface area contributed by atoms with Crippen molar-refractivity contribution in [2.45, 2.75) is 30.7 Å². The van der Waals surface area contributed by atoms with Crippen molar-refractivity contribution in [2.75, 3.05) is 13.1 Å². The van der Waals surface area contributed by atoms with Gasteiger partial charge in [0.05, 0.1) is 10.9 Å². The Bertz CT molecular complexity index is 763. The number of benzene rings is 1. The molecule has 0 spiro atoms. The monoisotopic (exact) mass is 336 g/mol. The van der Waals surface area contributed by atoms with Crippen LogP contribution in [0.1, 0.15) is 30.1 Å². The van der Waals surface area contributed by atoms with E-state index >= 15 is 0 Å². The molecule has 3 rings (SSSR count). The molecule has 0 N–H and O–H groups in total. The molecule has 0 radical (unpaired) electrons. The molecule has 1 aromatic carbocycles. The van der Waals surface area contributed by atoms with Crippen LogP contribution in [-0.2, 0) is 19.6 Å². The quantitative estimate of drug-likeness (QED) is 0.587. The Labute approximate surface area is 133 Å². The van der Waals surface area contributed by atoms with Crippen LogP contribution in [0.3, 0.4) is 0 Å². The van der Waals surface area contributed by atoms with E-state index in [-0.39, 0.29) is 54.5 Å². The Morgan fingerprint density at radius 3 is 2.04 bits per heavy atom. The summed E-state index contributed by atoms with van der Waals surface area (Å²) in [4.78, 5) is 35.8. The molecule has 23 heavy (non-hydrogen) atoms. The lowest BCUT2D eigenvalue weighted by Crippen LogP contribution is -2.62. The van der Waals surface area contributed by atoms with Crippen LogP contribution in [0.2, 0.25) is 0 Å². The van der Waals surface area contributed by atoms with Gasteiger partial charge in [0, 0.05) is 31.5 Å². The number of rotatable bonds is 4. The summed E-state index contributed by atoms with van der Waals surface area (Å²) in [6.07, 6.45) is 0.406. The van der Waals surface area contributed by atoms with Crippen molar-refractivity contribution < 1.29 is 22.8 Å². The molecule has 0 aromatic heterocycles. The smallest absolute Gasteiger partial charge is 0.243 e. The number of carbonyl (C=O) groups excluding carboxylic acids is 3. The van der Waals surface area contributed by atoms with Gasteiger partial charge >= 0.3 is 0 Å². The molecule has 2 amide bonds. The maximum Gasteiger partial charge on any atom is 0.243 e. The van der Waals surface area contributed by atoms with Crippen molar-refractivity contribution >= 4 is 27.6 Å². The Hall–Kier alpha value is -2.06. The Balaban J connectivity index is 1.72. The van der Waals surface area contributed by atoms with Gasteiger partial charge in [0.1, 0.15) is 0 Å². The summed E-state index contributed by atoms with van der Waals surface area (Å²) in [5.41, 5.74) is 0.443. The fourth-order valence-corrected chi connectivity index (χ4v) is 4.30. The number of ketones is 1. The molecule has 2 heterocycles. The first-order valence-electron chi connectivity index (χ1n) is 7.27. The van der Waals surface area contributed by atoms with Crippen LogP contribution < -0.4 is 0 Å². The van der Waals surface area contributed by atoms with Gasteiger partial charge in [0.25, 0.3) is 0 Å². The summed E-state index contributed by atoms with van der Waals surface area (Å²) < 4.78 is 26.2. The number of Topliss-reactive ketones (excluding diaryl/α,β-unsaturated/α-hetero) is 1. The van der Waals surface area contributed by atoms with Crippen LogP contribution in [0.5, 0.6) is 0 Å². The lowest BCUT2D eigenvalue weighted by Gasteiger charge is -2.41. The highest BCUT2D eigenvalue weighted by Crippen LogP contribution is 2.27. The van der Waals surface area contributed by atoms with Gasteiger partial charge in [-0.1, -0.05) is 12.1 Å². The van der Waals surface area contributed by atoms with E-state index in [9.17, 15) is 22.8 Å². The standard InChI is InChI=1S/C15H16N2O5S/c1-10(18)11-2-4-13(5-3-11)23(21,22)16-8-12(9-16)17-14(19)6-7-15(17)20/h2-5,12H,6-9H2,1H3. The molecule has 2 aliphatic rings. The highest BCUT2D eigenvalue weighted by Gasteiger charge is 2.45. The minimum Gasteiger partial charge on any atom is -0.295 e. The van der Waals surface area contributed by atoms with Gasteiger partial charge in [-0.3, -0.25) is 19.3 Å². The number of nitrogens with zero attached hydrogens (tertiary/aromatic N) is 2. The van der Waals surface area contributed by atoms with Crippen LogP contribution in [0.25, 0.3) is 0 Å². The molecule has 0 unspecified atom stereocenters. The third-order valence-corrected chi connectivity index (χ3v) is 6.03. The van der Waals surface area contributed by atoms with E-state index in [0.29, 0.717) is 5.56 Å². The van der Waals surface area contributed by atoms with Crippen LogP contribution >= 0.6 is 0 Å². The summed E-state index contributed by atoms with van der Waals surface area (Å²) >= 11 is 0. The molecule has 0 saturated carbocycles. The molecule has 122 valence electrons. The van der Waals surface area contributed by atoms with Crippen molar-refractivity contribution in [2.24, 2.45) is 0 Å². The highest BCUT2D eigenvalue weighted by molar-refractivity contribution is 7.89. The van der Waals surface area contributed by atoms with Crippen LogP contribution in [0.4, 0.5) is 0 Å². The molecule has 0 aliphatic carbocycles. The number of likely N-dealkylation sites (tertiary alicyclic amines) is 1. The first kappa shape index (κ1) is 15.8. The van der Waals surface area contributed by atoms with Crippen molar-refractivity contribution in [1.29, 1.82) is 0 Å². The summed E-state index contributed by atoms with van der Waals surface area (Å²) in [6.45, 7) is 1.65. The van der Waals surface area contributed by atoms with Crippen LogP contribution in [0, 0.1) is 0 Å². The molecule has 2 fully saturated rings. The maximum absolute atomic E-state index is 12.5. The van der Waals surface area contributed by atoms with E-state index in [0.717, 1.165) is 0 Å². The van der Waals surface area contributed by atoms with Crippen LogP contribution in [0.15, 0.2) is 29.2 Å². The third-order valence-electron chi connectivity index (χ3n) is 4.18. The molecular weight excluding hydrogens is 320 g/mol. The Morgan fingerprint density at radius 1 is 1.04 bits per heavy atom. The van der Waals surface area contributed by atoms with Gasteiger partial charge in [-0.05, 0) is 19.1 Å².